The molecular formula is C14H21N3O. The summed E-state index contributed by atoms with van der Waals surface area (Å²) in [6, 6.07) is 6.29. The van der Waals surface area contributed by atoms with E-state index in [4.69, 9.17) is 0 Å². The van der Waals surface area contributed by atoms with Crippen molar-refractivity contribution in [2.75, 3.05) is 11.9 Å². The van der Waals surface area contributed by atoms with Gasteiger partial charge >= 0.3 is 0 Å². The summed E-state index contributed by atoms with van der Waals surface area (Å²) in [7, 11) is 2.04. The highest BCUT2D eigenvalue weighted by molar-refractivity contribution is 5.55. The van der Waals surface area contributed by atoms with Gasteiger partial charge in [-0.25, -0.2) is 4.98 Å². The van der Waals surface area contributed by atoms with Crippen molar-refractivity contribution in [3.63, 3.8) is 0 Å². The molecule has 0 aliphatic rings. The number of anilines is 1. The summed E-state index contributed by atoms with van der Waals surface area (Å²) in [5.74, 6) is 0.879. The molecule has 1 unspecified atom stereocenters. The first-order chi connectivity index (χ1) is 8.69. The van der Waals surface area contributed by atoms with Gasteiger partial charge in [0.25, 0.3) is 0 Å². The van der Waals surface area contributed by atoms with Crippen molar-refractivity contribution in [2.45, 2.75) is 39.3 Å². The molecule has 2 aromatic rings. The summed E-state index contributed by atoms with van der Waals surface area (Å²) >= 11 is 0. The van der Waals surface area contributed by atoms with Gasteiger partial charge in [0.15, 0.2) is 5.82 Å². The number of rotatable bonds is 5. The Balaban J connectivity index is 2.43. The Bertz CT molecular complexity index is 521. The quantitative estimate of drug-likeness (QED) is 0.882. The Morgan fingerprint density at radius 2 is 2.22 bits per heavy atom. The average molecular weight is 247 g/mol. The molecule has 1 atom stereocenters. The van der Waals surface area contributed by atoms with Gasteiger partial charge in [-0.2, -0.15) is 0 Å². The van der Waals surface area contributed by atoms with E-state index in [0.717, 1.165) is 30.0 Å². The lowest BCUT2D eigenvalue weighted by molar-refractivity contribution is 0.276. The van der Waals surface area contributed by atoms with Crippen molar-refractivity contribution in [1.29, 1.82) is 0 Å². The first-order valence-corrected chi connectivity index (χ1v) is 6.48. The predicted octanol–water partition coefficient (Wildman–Crippen LogP) is 2.45. The number of aliphatic hydroxyl groups is 1. The second kappa shape index (κ2) is 5.40. The minimum atomic E-state index is 0.00367. The number of aliphatic hydroxyl groups excluding tert-OH is 1. The number of fused-ring (bicyclic) bond motifs is 1. The maximum atomic E-state index is 9.58. The largest absolute Gasteiger partial charge is 0.390 e. The third-order valence-electron chi connectivity index (χ3n) is 3.46. The van der Waals surface area contributed by atoms with Crippen LogP contribution in [0.1, 0.15) is 32.4 Å². The van der Waals surface area contributed by atoms with Gasteiger partial charge in [-0.05, 0) is 25.5 Å². The molecule has 0 spiro atoms. The predicted molar refractivity (Wildman–Crippen MR) is 73.9 cm³/mol. The van der Waals surface area contributed by atoms with E-state index in [0.29, 0.717) is 6.04 Å². The maximum absolute atomic E-state index is 9.58. The van der Waals surface area contributed by atoms with E-state index < -0.39 is 0 Å². The highest BCUT2D eigenvalue weighted by Gasteiger charge is 2.18. The van der Waals surface area contributed by atoms with E-state index in [-0.39, 0.29) is 6.61 Å². The van der Waals surface area contributed by atoms with Crippen molar-refractivity contribution >= 4 is 11.5 Å². The molecule has 0 aliphatic heterocycles. The molecule has 2 aromatic heterocycles. The molecule has 0 radical (unpaired) electrons. The highest BCUT2D eigenvalue weighted by Crippen LogP contribution is 2.23. The number of hydrogen-bond donors (Lipinski definition) is 1. The van der Waals surface area contributed by atoms with E-state index in [2.05, 4.69) is 23.7 Å². The Labute approximate surface area is 108 Å². The standard InChI is InChI=1S/C14H21N3O/c1-4-7-11(2)16(3)14-12(10-18)17-9-6-5-8-13(17)15-14/h5-6,8-9,11,18H,4,7,10H2,1-3H3. The number of aromatic nitrogens is 2. The minimum absolute atomic E-state index is 0.00367. The molecule has 0 bridgehead atoms. The van der Waals surface area contributed by atoms with Gasteiger partial charge in [0, 0.05) is 19.3 Å². The summed E-state index contributed by atoms with van der Waals surface area (Å²) in [6.07, 6.45) is 4.21. The number of imidazole rings is 1. The molecule has 2 rings (SSSR count). The lowest BCUT2D eigenvalue weighted by atomic mass is 10.2. The summed E-state index contributed by atoms with van der Waals surface area (Å²) in [6.45, 7) is 4.37. The molecule has 0 aliphatic carbocycles. The van der Waals surface area contributed by atoms with Crippen molar-refractivity contribution in [3.8, 4) is 0 Å². The first-order valence-electron chi connectivity index (χ1n) is 6.48. The molecule has 98 valence electrons. The lowest BCUT2D eigenvalue weighted by Gasteiger charge is -2.25. The zero-order valence-corrected chi connectivity index (χ0v) is 11.3. The zero-order valence-electron chi connectivity index (χ0n) is 11.3. The Hall–Kier alpha value is -1.55. The van der Waals surface area contributed by atoms with Crippen LogP contribution in [0.3, 0.4) is 0 Å². The fourth-order valence-electron chi connectivity index (χ4n) is 2.28. The molecule has 0 aromatic carbocycles. The topological polar surface area (TPSA) is 40.8 Å². The van der Waals surface area contributed by atoms with Crippen LogP contribution in [0.5, 0.6) is 0 Å². The second-order valence-electron chi connectivity index (χ2n) is 4.72. The maximum Gasteiger partial charge on any atom is 0.153 e. The van der Waals surface area contributed by atoms with Crippen LogP contribution >= 0.6 is 0 Å². The highest BCUT2D eigenvalue weighted by atomic mass is 16.3. The van der Waals surface area contributed by atoms with Crippen LogP contribution in [0, 0.1) is 0 Å². The first kappa shape index (κ1) is 12.9. The van der Waals surface area contributed by atoms with E-state index >= 15 is 0 Å². The lowest BCUT2D eigenvalue weighted by Crippen LogP contribution is -2.29. The average Bonchev–Trinajstić information content (AvgIpc) is 2.76. The van der Waals surface area contributed by atoms with Crippen LogP contribution in [0.15, 0.2) is 24.4 Å². The van der Waals surface area contributed by atoms with Crippen LogP contribution in [-0.4, -0.2) is 27.6 Å². The molecule has 4 nitrogen and oxygen atoms in total. The molecule has 0 saturated carbocycles. The molecule has 0 saturated heterocycles. The summed E-state index contributed by atoms with van der Waals surface area (Å²) in [5.41, 5.74) is 1.74. The molecule has 18 heavy (non-hydrogen) atoms. The summed E-state index contributed by atoms with van der Waals surface area (Å²) < 4.78 is 1.95. The molecule has 2 heterocycles. The van der Waals surface area contributed by atoms with Gasteiger partial charge in [-0.15, -0.1) is 0 Å². The molecular weight excluding hydrogens is 226 g/mol. The second-order valence-corrected chi connectivity index (χ2v) is 4.72. The van der Waals surface area contributed by atoms with Crippen LogP contribution in [-0.2, 0) is 6.61 Å². The van der Waals surface area contributed by atoms with Gasteiger partial charge in [0.2, 0.25) is 0 Å². The number of pyridine rings is 1. The fraction of sp³-hybridized carbons (Fsp3) is 0.500. The monoisotopic (exact) mass is 247 g/mol. The van der Waals surface area contributed by atoms with Crippen molar-refractivity contribution in [1.82, 2.24) is 9.38 Å². The van der Waals surface area contributed by atoms with Crippen molar-refractivity contribution in [3.05, 3.63) is 30.1 Å². The van der Waals surface area contributed by atoms with Gasteiger partial charge in [0.1, 0.15) is 5.65 Å². The zero-order chi connectivity index (χ0) is 13.1. The van der Waals surface area contributed by atoms with E-state index in [1.165, 1.54) is 0 Å². The van der Waals surface area contributed by atoms with Gasteiger partial charge < -0.3 is 10.0 Å². The van der Waals surface area contributed by atoms with E-state index in [1.807, 2.05) is 35.8 Å². The van der Waals surface area contributed by atoms with Crippen LogP contribution < -0.4 is 4.90 Å². The summed E-state index contributed by atoms with van der Waals surface area (Å²) in [5, 5.41) is 9.58. The van der Waals surface area contributed by atoms with E-state index in [1.54, 1.807) is 0 Å². The summed E-state index contributed by atoms with van der Waals surface area (Å²) in [4.78, 5) is 6.77. The third-order valence-corrected chi connectivity index (χ3v) is 3.46. The normalized spacial score (nSPS) is 12.9. The van der Waals surface area contributed by atoms with Gasteiger partial charge in [-0.1, -0.05) is 19.4 Å². The van der Waals surface area contributed by atoms with Crippen LogP contribution in [0.25, 0.3) is 5.65 Å². The van der Waals surface area contributed by atoms with Gasteiger partial charge in [-0.3, -0.25) is 4.40 Å². The number of nitrogens with zero attached hydrogens (tertiary/aromatic N) is 3. The van der Waals surface area contributed by atoms with Crippen LogP contribution in [0.2, 0.25) is 0 Å². The molecule has 0 amide bonds. The fourth-order valence-corrected chi connectivity index (χ4v) is 2.28. The minimum Gasteiger partial charge on any atom is -0.390 e. The van der Waals surface area contributed by atoms with Gasteiger partial charge in [0.05, 0.1) is 12.3 Å². The Kier molecular flexibility index (Phi) is 3.87. The molecule has 1 N–H and O–H groups in total. The van der Waals surface area contributed by atoms with Crippen molar-refractivity contribution < 1.29 is 5.11 Å². The molecule has 4 heteroatoms. The smallest absolute Gasteiger partial charge is 0.153 e. The van der Waals surface area contributed by atoms with Crippen LogP contribution in [0.4, 0.5) is 5.82 Å². The molecule has 0 fully saturated rings. The number of hydrogen-bond acceptors (Lipinski definition) is 3. The van der Waals surface area contributed by atoms with Crippen molar-refractivity contribution in [2.24, 2.45) is 0 Å². The third kappa shape index (κ3) is 2.20. The van der Waals surface area contributed by atoms with E-state index in [9.17, 15) is 5.11 Å². The Morgan fingerprint density at radius 1 is 1.44 bits per heavy atom. The Morgan fingerprint density at radius 3 is 2.89 bits per heavy atom. The SMILES string of the molecule is CCCC(C)N(C)c1nc2ccccn2c1CO.